The molecule has 0 aliphatic heterocycles. The number of rotatable bonds is 8. The molecule has 0 atom stereocenters. The lowest BCUT2D eigenvalue weighted by molar-refractivity contribution is 0.481. The molecule has 5 aromatic rings. The highest BCUT2D eigenvalue weighted by Gasteiger charge is 2.29. The van der Waals surface area contributed by atoms with Gasteiger partial charge in [-0.2, -0.15) is 16.8 Å². The third-order valence-corrected chi connectivity index (χ3v) is 8.40. The topological polar surface area (TPSA) is 127 Å². The summed E-state index contributed by atoms with van der Waals surface area (Å²) in [5.74, 6) is 1.79. The zero-order valence-electron chi connectivity index (χ0n) is 21.3. The van der Waals surface area contributed by atoms with Gasteiger partial charge < -0.3 is 9.47 Å². The lowest BCUT2D eigenvalue weighted by Crippen LogP contribution is -2.09. The summed E-state index contributed by atoms with van der Waals surface area (Å²) in [7, 11) is -9.95. The molecule has 214 valence electrons. The zero-order chi connectivity index (χ0) is 30.1. The van der Waals surface area contributed by atoms with Crippen molar-refractivity contribution in [1.29, 1.82) is 0 Å². The maximum atomic E-state index is 12.8. The van der Waals surface area contributed by atoms with Gasteiger partial charge in [-0.15, -0.1) is 0 Å². The maximum absolute atomic E-state index is 12.8. The number of halogens is 2. The predicted molar refractivity (Wildman–Crippen MR) is 160 cm³/mol. The average Bonchev–Trinajstić information content (AvgIpc) is 2.95. The van der Waals surface area contributed by atoms with E-state index < -0.39 is 35.6 Å². The monoisotopic (exact) mass is 642 g/mol. The van der Waals surface area contributed by atoms with E-state index in [1.54, 1.807) is 72.8 Å². The van der Waals surface area contributed by atoms with Crippen LogP contribution in [0.15, 0.2) is 119 Å². The molecular formula is C30H20Cl2O8S2. The molecule has 0 unspecified atom stereocenters. The van der Waals surface area contributed by atoms with Gasteiger partial charge in [0.15, 0.2) is 0 Å². The van der Waals surface area contributed by atoms with Crippen molar-refractivity contribution in [3.63, 3.8) is 0 Å². The third-order valence-electron chi connectivity index (χ3n) is 6.06. The van der Waals surface area contributed by atoms with Crippen LogP contribution in [0.1, 0.15) is 0 Å². The van der Waals surface area contributed by atoms with Crippen LogP contribution in [0, 0.1) is 0 Å². The first-order valence-electron chi connectivity index (χ1n) is 12.1. The van der Waals surface area contributed by atoms with E-state index in [1.807, 2.05) is 0 Å². The van der Waals surface area contributed by atoms with Crippen molar-refractivity contribution in [2.24, 2.45) is 0 Å². The normalized spacial score (nSPS) is 11.7. The molecule has 42 heavy (non-hydrogen) atoms. The first kappa shape index (κ1) is 29.6. The minimum atomic E-state index is -5.03. The predicted octanol–water partition coefficient (Wildman–Crippen LogP) is 8.41. The van der Waals surface area contributed by atoms with Crippen molar-refractivity contribution < 1.29 is 35.4 Å². The summed E-state index contributed by atoms with van der Waals surface area (Å²) in [6, 6.07) is 27.6. The Morgan fingerprint density at radius 1 is 0.476 bits per heavy atom. The number of ether oxygens (including phenoxy) is 2. The van der Waals surface area contributed by atoms with Crippen molar-refractivity contribution >= 4 is 43.4 Å². The van der Waals surface area contributed by atoms with Crippen LogP contribution in [0.4, 0.5) is 0 Å². The summed E-state index contributed by atoms with van der Waals surface area (Å²) >= 11 is 11.8. The van der Waals surface area contributed by atoms with Crippen molar-refractivity contribution in [2.45, 2.75) is 9.79 Å². The summed E-state index contributed by atoms with van der Waals surface area (Å²) < 4.78 is 82.1. The lowest BCUT2D eigenvalue weighted by atomic mass is 9.98. The molecule has 2 N–H and O–H groups in total. The molecular weight excluding hydrogens is 623 g/mol. The molecule has 0 amide bonds. The smallest absolute Gasteiger partial charge is 0.295 e. The van der Waals surface area contributed by atoms with Crippen LogP contribution >= 0.6 is 23.2 Å². The Labute approximate surface area is 252 Å². The summed E-state index contributed by atoms with van der Waals surface area (Å²) in [5, 5.41) is 1.07. The van der Waals surface area contributed by atoms with Gasteiger partial charge in [0.05, 0.1) is 0 Å². The summed E-state index contributed by atoms with van der Waals surface area (Å²) in [6.45, 7) is 0. The van der Waals surface area contributed by atoms with Gasteiger partial charge in [-0.25, -0.2) is 0 Å². The average molecular weight is 644 g/mol. The van der Waals surface area contributed by atoms with Crippen molar-refractivity contribution in [1.82, 2.24) is 0 Å². The Hall–Kier alpha value is -3.90. The molecule has 5 aromatic carbocycles. The van der Waals surface area contributed by atoms with Crippen LogP contribution in [0.5, 0.6) is 23.0 Å². The van der Waals surface area contributed by atoms with Crippen molar-refractivity contribution in [3.05, 3.63) is 119 Å². The highest BCUT2D eigenvalue weighted by molar-refractivity contribution is 7.87. The van der Waals surface area contributed by atoms with E-state index in [2.05, 4.69) is 0 Å². The van der Waals surface area contributed by atoms with Crippen LogP contribution in [0.3, 0.4) is 0 Å². The van der Waals surface area contributed by atoms with Gasteiger partial charge in [0, 0.05) is 21.2 Å². The van der Waals surface area contributed by atoms with Gasteiger partial charge in [0.1, 0.15) is 32.8 Å². The minimum Gasteiger partial charge on any atom is -0.457 e. The van der Waals surface area contributed by atoms with E-state index in [1.165, 1.54) is 30.3 Å². The fraction of sp³-hybridized carbons (Fsp3) is 0. The molecule has 0 bridgehead atoms. The summed E-state index contributed by atoms with van der Waals surface area (Å²) in [5.41, 5.74) is 0.0108. The molecule has 5 rings (SSSR count). The second-order valence-electron chi connectivity index (χ2n) is 8.93. The number of benzene rings is 5. The molecule has 0 fully saturated rings. The van der Waals surface area contributed by atoms with Crippen LogP contribution in [0.2, 0.25) is 10.0 Å². The Bertz CT molecular complexity index is 1960. The van der Waals surface area contributed by atoms with Crippen LogP contribution < -0.4 is 9.47 Å². The van der Waals surface area contributed by atoms with Crippen molar-refractivity contribution in [2.75, 3.05) is 0 Å². The van der Waals surface area contributed by atoms with E-state index in [4.69, 9.17) is 32.7 Å². The highest BCUT2D eigenvalue weighted by Crippen LogP contribution is 2.41. The zero-order valence-corrected chi connectivity index (χ0v) is 24.5. The van der Waals surface area contributed by atoms with Crippen molar-refractivity contribution in [3.8, 4) is 45.3 Å². The highest BCUT2D eigenvalue weighted by atomic mass is 35.5. The van der Waals surface area contributed by atoms with Gasteiger partial charge in [-0.3, -0.25) is 9.11 Å². The third kappa shape index (κ3) is 6.76. The molecule has 0 aromatic heterocycles. The molecule has 12 heteroatoms. The standard InChI is InChI=1S/C30H20Cl2O8S2/c31-21-5-13-25(14-6-21)39-23-9-1-19(2-10-23)27-17-18-28(41(33,34)35)29(30(27)42(36,37)38)20-3-11-24(12-4-20)40-26-15-7-22(32)8-16-26/h1-18H,(H,33,34,35)(H,36,37,38). The first-order chi connectivity index (χ1) is 19.9. The SMILES string of the molecule is O=S(=O)(O)c1ccc(-c2ccc(Oc3ccc(Cl)cc3)cc2)c(S(=O)(=O)O)c1-c1ccc(Oc2ccc(Cl)cc2)cc1. The molecule has 0 saturated carbocycles. The molecule has 0 radical (unpaired) electrons. The van der Waals surface area contributed by atoms with Crippen LogP contribution in [-0.2, 0) is 20.2 Å². The van der Waals surface area contributed by atoms with Gasteiger partial charge >= 0.3 is 0 Å². The summed E-state index contributed by atoms with van der Waals surface area (Å²) in [4.78, 5) is -1.40. The Morgan fingerprint density at radius 3 is 1.24 bits per heavy atom. The van der Waals surface area contributed by atoms with Gasteiger partial charge in [0.25, 0.3) is 20.2 Å². The maximum Gasteiger partial charge on any atom is 0.295 e. The fourth-order valence-electron chi connectivity index (χ4n) is 4.22. The molecule has 0 spiro atoms. The summed E-state index contributed by atoms with van der Waals surface area (Å²) in [6.07, 6.45) is 0. The van der Waals surface area contributed by atoms with Gasteiger partial charge in [-0.1, -0.05) is 53.5 Å². The van der Waals surface area contributed by atoms with Gasteiger partial charge in [0.2, 0.25) is 0 Å². The fourth-order valence-corrected chi connectivity index (χ4v) is 6.20. The Balaban J connectivity index is 1.58. The second kappa shape index (κ2) is 11.8. The molecule has 0 saturated heterocycles. The molecule has 0 aliphatic rings. The number of hydrogen-bond acceptors (Lipinski definition) is 6. The van der Waals surface area contributed by atoms with E-state index in [0.717, 1.165) is 6.07 Å². The van der Waals surface area contributed by atoms with E-state index in [0.29, 0.717) is 38.6 Å². The number of hydrogen-bond donors (Lipinski definition) is 2. The largest absolute Gasteiger partial charge is 0.457 e. The van der Waals surface area contributed by atoms with Crippen LogP contribution in [-0.4, -0.2) is 25.9 Å². The molecule has 8 nitrogen and oxygen atoms in total. The minimum absolute atomic E-state index is 0.000524. The van der Waals surface area contributed by atoms with Crippen LogP contribution in [0.25, 0.3) is 22.3 Å². The Kier molecular flexibility index (Phi) is 8.29. The second-order valence-corrected chi connectivity index (χ2v) is 12.5. The lowest BCUT2D eigenvalue weighted by Gasteiger charge is -2.17. The quantitative estimate of drug-likeness (QED) is 0.161. The van der Waals surface area contributed by atoms with E-state index in [-0.39, 0.29) is 11.1 Å². The molecule has 0 heterocycles. The van der Waals surface area contributed by atoms with Gasteiger partial charge in [-0.05, 0) is 90.0 Å². The van der Waals surface area contributed by atoms with E-state index >= 15 is 0 Å². The first-order valence-corrected chi connectivity index (χ1v) is 15.7. The van der Waals surface area contributed by atoms with E-state index in [9.17, 15) is 25.9 Å². The Morgan fingerprint density at radius 2 is 0.857 bits per heavy atom. The molecule has 0 aliphatic carbocycles.